The fraction of sp³-hybridized carbons (Fsp3) is 0.370. The van der Waals surface area contributed by atoms with Crippen molar-refractivity contribution in [3.63, 3.8) is 0 Å². The minimum absolute atomic E-state index is 0.0142. The topological polar surface area (TPSA) is 144 Å². The molecule has 0 atom stereocenters. The van der Waals surface area contributed by atoms with Crippen molar-refractivity contribution >= 4 is 17.4 Å². The summed E-state index contributed by atoms with van der Waals surface area (Å²) >= 11 is 0. The molecule has 12 nitrogen and oxygen atoms in total. The summed E-state index contributed by atoms with van der Waals surface area (Å²) in [6.07, 6.45) is 5.17. The van der Waals surface area contributed by atoms with Gasteiger partial charge < -0.3 is 19.6 Å². The smallest absolute Gasteiger partial charge is 0.253 e. The van der Waals surface area contributed by atoms with Crippen molar-refractivity contribution in [2.24, 2.45) is 0 Å². The van der Waals surface area contributed by atoms with Crippen LogP contribution >= 0.6 is 0 Å². The maximum Gasteiger partial charge on any atom is 0.253 e. The van der Waals surface area contributed by atoms with E-state index in [-0.39, 0.29) is 18.1 Å². The molecule has 4 aromatic rings. The molecule has 5 heterocycles. The van der Waals surface area contributed by atoms with E-state index in [9.17, 15) is 9.59 Å². The number of amides is 1. The number of ether oxygens (including phenoxy) is 1. The molecule has 0 aliphatic carbocycles. The van der Waals surface area contributed by atoms with Crippen LogP contribution in [0.1, 0.15) is 52.8 Å². The summed E-state index contributed by atoms with van der Waals surface area (Å²) in [5, 5.41) is 21.7. The third kappa shape index (κ3) is 4.31. The number of H-pyrrole nitrogens is 1. The fourth-order valence-corrected chi connectivity index (χ4v) is 5.85. The molecule has 0 saturated carbocycles. The number of carbonyl (C=O) groups is 2. The quantitative estimate of drug-likeness (QED) is 0.423. The number of hydrogen-bond acceptors (Lipinski definition) is 9. The fourth-order valence-electron chi connectivity index (χ4n) is 5.85. The monoisotopic (exact) mass is 524 g/mol. The van der Waals surface area contributed by atoms with E-state index in [0.717, 1.165) is 37.2 Å². The Labute approximate surface area is 223 Å². The Balaban J connectivity index is 1.09. The highest BCUT2D eigenvalue weighted by atomic mass is 16.5. The van der Waals surface area contributed by atoms with E-state index in [4.69, 9.17) is 4.74 Å². The third-order valence-corrected chi connectivity index (χ3v) is 7.95. The summed E-state index contributed by atoms with van der Waals surface area (Å²) in [6, 6.07) is 11.3. The number of anilines is 1. The highest BCUT2D eigenvalue weighted by molar-refractivity contribution is 6.01. The molecule has 2 fully saturated rings. The molecule has 2 saturated heterocycles. The molecular weight excluding hydrogens is 498 g/mol. The number of nitrogens with one attached hydrogen (secondary N) is 1. The first-order valence-electron chi connectivity index (χ1n) is 13.2. The summed E-state index contributed by atoms with van der Waals surface area (Å²) in [4.78, 5) is 35.3. The van der Waals surface area contributed by atoms with Gasteiger partial charge in [0, 0.05) is 61.7 Å². The Kier molecular flexibility index (Phi) is 5.60. The summed E-state index contributed by atoms with van der Waals surface area (Å²) in [5.41, 5.74) is 3.05. The lowest BCUT2D eigenvalue weighted by atomic mass is 9.82. The molecule has 7 rings (SSSR count). The number of ketones is 1. The minimum atomic E-state index is -0.620. The predicted octanol–water partition coefficient (Wildman–Crippen LogP) is 2.52. The normalized spacial score (nSPS) is 18.3. The molecule has 39 heavy (non-hydrogen) atoms. The number of fused-ring (bicyclic) bond motifs is 1. The van der Waals surface area contributed by atoms with E-state index in [1.165, 1.54) is 6.33 Å². The van der Waals surface area contributed by atoms with Gasteiger partial charge >= 0.3 is 0 Å². The summed E-state index contributed by atoms with van der Waals surface area (Å²) in [6.45, 7) is 2.96. The zero-order valence-corrected chi connectivity index (χ0v) is 21.2. The number of rotatable bonds is 4. The first-order valence-corrected chi connectivity index (χ1v) is 13.2. The van der Waals surface area contributed by atoms with Crippen LogP contribution < -0.4 is 14.7 Å². The van der Waals surface area contributed by atoms with Gasteiger partial charge in [0.2, 0.25) is 0 Å². The molecule has 2 aromatic carbocycles. The number of tetrazole rings is 1. The summed E-state index contributed by atoms with van der Waals surface area (Å²) in [7, 11) is 0. The van der Waals surface area contributed by atoms with Gasteiger partial charge in [0.1, 0.15) is 17.7 Å². The second-order valence-electron chi connectivity index (χ2n) is 10.4. The average Bonchev–Trinajstić information content (AvgIpc) is 3.77. The number of aromatic nitrogens is 7. The molecule has 1 N–H and O–H groups in total. The first-order chi connectivity index (χ1) is 19.1. The Bertz CT molecular complexity index is 1520. The number of nitrogens with zero attached hydrogens (tertiary/aromatic N) is 8. The second kappa shape index (κ2) is 9.29. The Morgan fingerprint density at radius 3 is 2.62 bits per heavy atom. The van der Waals surface area contributed by atoms with Gasteiger partial charge in [0.25, 0.3) is 5.91 Å². The van der Waals surface area contributed by atoms with Gasteiger partial charge in [-0.2, -0.15) is 10.3 Å². The van der Waals surface area contributed by atoms with Crippen molar-refractivity contribution in [2.45, 2.75) is 37.7 Å². The molecule has 3 aliphatic heterocycles. The molecule has 1 amide bonds. The number of aromatic amines is 1. The van der Waals surface area contributed by atoms with Crippen LogP contribution in [0.2, 0.25) is 0 Å². The van der Waals surface area contributed by atoms with Gasteiger partial charge in [-0.05, 0) is 48.7 Å². The van der Waals surface area contributed by atoms with Gasteiger partial charge in [-0.25, -0.2) is 4.98 Å². The lowest BCUT2D eigenvalue weighted by Crippen LogP contribution is -2.52. The van der Waals surface area contributed by atoms with Crippen LogP contribution in [-0.2, 0) is 0 Å². The molecule has 0 unspecified atom stereocenters. The number of benzene rings is 2. The van der Waals surface area contributed by atoms with Crippen LogP contribution in [0.3, 0.4) is 0 Å². The highest BCUT2D eigenvalue weighted by Gasteiger charge is 2.44. The number of likely N-dealkylation sites (tertiary alicyclic amines) is 1. The molecule has 12 heteroatoms. The van der Waals surface area contributed by atoms with Gasteiger partial charge in [0.05, 0.1) is 12.0 Å². The molecule has 0 bridgehead atoms. The number of piperidine rings is 1. The number of Topliss-reactive ketones (excluding diaryl/α,β-unsaturated/α-hetero) is 1. The van der Waals surface area contributed by atoms with Crippen molar-refractivity contribution < 1.29 is 14.3 Å². The van der Waals surface area contributed by atoms with Crippen molar-refractivity contribution in [3.05, 3.63) is 53.9 Å². The highest BCUT2D eigenvalue weighted by Crippen LogP contribution is 2.41. The van der Waals surface area contributed by atoms with Crippen LogP contribution in [0, 0.1) is 0 Å². The first kappa shape index (κ1) is 23.5. The Hall–Kier alpha value is -4.61. The lowest BCUT2D eigenvalue weighted by molar-refractivity contribution is -0.00569. The number of hydrogen-bond donors (Lipinski definition) is 1. The molecule has 198 valence electrons. The third-order valence-electron chi connectivity index (χ3n) is 7.95. The van der Waals surface area contributed by atoms with Crippen LogP contribution in [0.5, 0.6) is 5.75 Å². The van der Waals surface area contributed by atoms with E-state index in [2.05, 4.69) is 46.8 Å². The molecule has 3 aliphatic rings. The summed E-state index contributed by atoms with van der Waals surface area (Å²) < 4.78 is 6.43. The van der Waals surface area contributed by atoms with Crippen LogP contribution in [0.15, 0.2) is 42.7 Å². The maximum absolute atomic E-state index is 13.7. The molecule has 2 aromatic heterocycles. The minimum Gasteiger partial charge on any atom is -0.486 e. The van der Waals surface area contributed by atoms with Crippen molar-refractivity contribution in [1.29, 1.82) is 0 Å². The SMILES string of the molecule is O=C1CC2(CCN(C(=O)c3cc(-c4ncn[nH]4)cc(N4CCCC4)c3)CC2)Oc2ccc(-c3nnn[n-]3)cc21. The second-order valence-corrected chi connectivity index (χ2v) is 10.4. The van der Waals surface area contributed by atoms with Crippen LogP contribution in [-0.4, -0.2) is 79.1 Å². The number of carbonyl (C=O) groups excluding carboxylic acids is 2. The zero-order valence-electron chi connectivity index (χ0n) is 21.2. The molecule has 0 radical (unpaired) electrons. The van der Waals surface area contributed by atoms with Gasteiger partial charge in [-0.15, -0.1) is 0 Å². The van der Waals surface area contributed by atoms with Crippen molar-refractivity contribution in [3.8, 4) is 28.5 Å². The maximum atomic E-state index is 13.7. The standard InChI is InChI=1S/C27H26N9O3/c37-22-15-27(39-23-4-3-17(14-21(22)23)25-31-33-34-32-25)5-9-36(10-6-27)26(38)19-11-18(24-28-16-29-30-24)12-20(13-19)35-7-1-2-8-35/h3-4,11-14,16H,1-2,5-10,15H2,(H-,28,29,30,31,32,33,34)/q-1. The van der Waals surface area contributed by atoms with E-state index in [1.807, 2.05) is 23.1 Å². The zero-order chi connectivity index (χ0) is 26.4. The van der Waals surface area contributed by atoms with Gasteiger partial charge in [-0.1, -0.05) is 6.07 Å². The Morgan fingerprint density at radius 2 is 1.87 bits per heavy atom. The lowest BCUT2D eigenvalue weighted by Gasteiger charge is -2.44. The van der Waals surface area contributed by atoms with Gasteiger partial charge in [-0.3, -0.25) is 25.0 Å². The largest absolute Gasteiger partial charge is 0.486 e. The molecular formula is C27H26N9O3-. The van der Waals surface area contributed by atoms with Crippen molar-refractivity contribution in [1.82, 2.24) is 40.7 Å². The van der Waals surface area contributed by atoms with Crippen LogP contribution in [0.25, 0.3) is 22.8 Å². The van der Waals surface area contributed by atoms with E-state index < -0.39 is 5.60 Å². The van der Waals surface area contributed by atoms with Crippen molar-refractivity contribution in [2.75, 3.05) is 31.1 Å². The Morgan fingerprint density at radius 1 is 1.03 bits per heavy atom. The molecule has 1 spiro atoms. The van der Waals surface area contributed by atoms with Gasteiger partial charge in [0.15, 0.2) is 11.6 Å². The average molecular weight is 525 g/mol. The van der Waals surface area contributed by atoms with E-state index in [1.54, 1.807) is 12.1 Å². The van der Waals surface area contributed by atoms with E-state index >= 15 is 0 Å². The van der Waals surface area contributed by atoms with Crippen LogP contribution in [0.4, 0.5) is 5.69 Å². The van der Waals surface area contributed by atoms with E-state index in [0.29, 0.717) is 60.0 Å². The predicted molar refractivity (Wildman–Crippen MR) is 139 cm³/mol. The summed E-state index contributed by atoms with van der Waals surface area (Å²) in [5.74, 6) is 1.54.